The van der Waals surface area contributed by atoms with Gasteiger partial charge in [0.05, 0.1) is 12.7 Å². The van der Waals surface area contributed by atoms with Crippen LogP contribution in [-0.2, 0) is 0 Å². The molecule has 0 aromatic carbocycles. The smallest absolute Gasteiger partial charge is 0.0814 e. The van der Waals surface area contributed by atoms with Gasteiger partial charge in [-0.3, -0.25) is 0 Å². The molecule has 0 amide bonds. The van der Waals surface area contributed by atoms with E-state index in [4.69, 9.17) is 0 Å². The van der Waals surface area contributed by atoms with Crippen molar-refractivity contribution in [3.05, 3.63) is 36.0 Å². The summed E-state index contributed by atoms with van der Waals surface area (Å²) in [5.41, 5.74) is 0.792. The molecule has 0 saturated heterocycles. The van der Waals surface area contributed by atoms with E-state index >= 15 is 0 Å². The number of fused-ring (bicyclic) bond motifs is 1. The Morgan fingerprint density at radius 2 is 2.36 bits per heavy atom. The van der Waals surface area contributed by atoms with Gasteiger partial charge in [0.1, 0.15) is 0 Å². The Morgan fingerprint density at radius 3 is 3.07 bits per heavy atom. The van der Waals surface area contributed by atoms with Gasteiger partial charge in [-0.25, -0.2) is 0 Å². The number of aliphatic hydroxyl groups is 2. The summed E-state index contributed by atoms with van der Waals surface area (Å²) in [6, 6.07) is 0. The van der Waals surface area contributed by atoms with Crippen LogP contribution in [0.15, 0.2) is 36.0 Å². The summed E-state index contributed by atoms with van der Waals surface area (Å²) in [6.07, 6.45) is 10.3. The van der Waals surface area contributed by atoms with Crippen LogP contribution in [0.4, 0.5) is 0 Å². The molecule has 2 nitrogen and oxygen atoms in total. The lowest BCUT2D eigenvalue weighted by molar-refractivity contribution is 0.0634. The normalized spacial score (nSPS) is 40.6. The summed E-state index contributed by atoms with van der Waals surface area (Å²) < 4.78 is 0. The molecule has 0 aromatic heterocycles. The van der Waals surface area contributed by atoms with Gasteiger partial charge in [-0.1, -0.05) is 37.3 Å². The zero-order chi connectivity index (χ0) is 10.2. The molecule has 2 rings (SSSR count). The second-order valence-electron chi connectivity index (χ2n) is 4.29. The lowest BCUT2D eigenvalue weighted by atomic mass is 9.63. The highest BCUT2D eigenvalue weighted by Gasteiger charge is 2.41. The van der Waals surface area contributed by atoms with Gasteiger partial charge in [0, 0.05) is 5.41 Å². The molecule has 0 heterocycles. The van der Waals surface area contributed by atoms with Crippen molar-refractivity contribution >= 4 is 0 Å². The van der Waals surface area contributed by atoms with Gasteiger partial charge in [-0.05, 0) is 17.9 Å². The number of hydrogen-bond donors (Lipinski definition) is 2. The van der Waals surface area contributed by atoms with E-state index in [-0.39, 0.29) is 17.9 Å². The molecule has 0 radical (unpaired) electrons. The van der Waals surface area contributed by atoms with E-state index in [0.717, 1.165) is 12.0 Å². The Bertz CT molecular complexity index is 314. The SMILES string of the molecule is C[C@]12C=CC=C(CO)[C@H]1CC=C[C@H]2O. The molecular weight excluding hydrogens is 176 g/mol. The first-order valence-electron chi connectivity index (χ1n) is 5.02. The van der Waals surface area contributed by atoms with Gasteiger partial charge in [0.25, 0.3) is 0 Å². The quantitative estimate of drug-likeness (QED) is 0.617. The standard InChI is InChI=1S/C12H16O2/c1-12-7-3-4-9(8-13)10(12)5-2-6-11(12)14/h2-4,6-7,10-11,13-14H,5,8H2,1H3/t10-,11-,12+/m1/s1. The lowest BCUT2D eigenvalue weighted by Gasteiger charge is -2.43. The fourth-order valence-electron chi connectivity index (χ4n) is 2.43. The Hall–Kier alpha value is -0.860. The van der Waals surface area contributed by atoms with Crippen LogP contribution < -0.4 is 0 Å². The summed E-state index contributed by atoms with van der Waals surface area (Å²) >= 11 is 0. The molecule has 76 valence electrons. The van der Waals surface area contributed by atoms with Crippen LogP contribution in [0.2, 0.25) is 0 Å². The van der Waals surface area contributed by atoms with Crippen molar-refractivity contribution in [1.29, 1.82) is 0 Å². The predicted octanol–water partition coefficient (Wildman–Crippen LogP) is 1.42. The average molecular weight is 192 g/mol. The van der Waals surface area contributed by atoms with Crippen LogP contribution in [0.1, 0.15) is 13.3 Å². The first-order chi connectivity index (χ1) is 6.68. The van der Waals surface area contributed by atoms with Gasteiger partial charge in [-0.15, -0.1) is 0 Å². The van der Waals surface area contributed by atoms with Crippen molar-refractivity contribution in [1.82, 2.24) is 0 Å². The maximum absolute atomic E-state index is 9.93. The zero-order valence-corrected chi connectivity index (χ0v) is 8.35. The van der Waals surface area contributed by atoms with Gasteiger partial charge < -0.3 is 10.2 Å². The first kappa shape index (κ1) is 9.69. The molecule has 2 heteroatoms. The third-order valence-electron chi connectivity index (χ3n) is 3.47. The van der Waals surface area contributed by atoms with Crippen LogP contribution in [-0.4, -0.2) is 22.9 Å². The van der Waals surface area contributed by atoms with Crippen molar-refractivity contribution in [2.75, 3.05) is 6.61 Å². The summed E-state index contributed by atoms with van der Waals surface area (Å²) in [5, 5.41) is 19.2. The number of aliphatic hydroxyl groups excluding tert-OH is 2. The van der Waals surface area contributed by atoms with E-state index < -0.39 is 6.10 Å². The van der Waals surface area contributed by atoms with Crippen LogP contribution in [0.25, 0.3) is 0 Å². The van der Waals surface area contributed by atoms with Gasteiger partial charge in [0.15, 0.2) is 0 Å². The molecule has 0 aliphatic heterocycles. The molecule has 2 aliphatic carbocycles. The minimum atomic E-state index is -0.437. The van der Waals surface area contributed by atoms with Crippen LogP contribution >= 0.6 is 0 Å². The van der Waals surface area contributed by atoms with Crippen LogP contribution in [0.3, 0.4) is 0 Å². The Morgan fingerprint density at radius 1 is 1.57 bits per heavy atom. The summed E-state index contributed by atoms with van der Waals surface area (Å²) in [6.45, 7) is 2.14. The molecule has 0 fully saturated rings. The second-order valence-corrected chi connectivity index (χ2v) is 4.29. The van der Waals surface area contributed by atoms with Crippen molar-refractivity contribution in [2.45, 2.75) is 19.4 Å². The van der Waals surface area contributed by atoms with Gasteiger partial charge >= 0.3 is 0 Å². The van der Waals surface area contributed by atoms with E-state index in [9.17, 15) is 10.2 Å². The van der Waals surface area contributed by atoms with E-state index in [1.165, 1.54) is 0 Å². The van der Waals surface area contributed by atoms with Crippen molar-refractivity contribution in [2.24, 2.45) is 11.3 Å². The fraction of sp³-hybridized carbons (Fsp3) is 0.500. The molecule has 3 atom stereocenters. The van der Waals surface area contributed by atoms with E-state index in [0.29, 0.717) is 0 Å². The monoisotopic (exact) mass is 192 g/mol. The molecule has 2 N–H and O–H groups in total. The van der Waals surface area contributed by atoms with Crippen LogP contribution in [0.5, 0.6) is 0 Å². The third kappa shape index (κ3) is 1.26. The highest BCUT2D eigenvalue weighted by molar-refractivity contribution is 5.32. The highest BCUT2D eigenvalue weighted by Crippen LogP contribution is 2.45. The molecule has 0 unspecified atom stereocenters. The van der Waals surface area contributed by atoms with Gasteiger partial charge in [-0.2, -0.15) is 0 Å². The van der Waals surface area contributed by atoms with Crippen molar-refractivity contribution in [3.8, 4) is 0 Å². The fourth-order valence-corrected chi connectivity index (χ4v) is 2.43. The number of rotatable bonds is 1. The van der Waals surface area contributed by atoms with E-state index in [2.05, 4.69) is 0 Å². The average Bonchev–Trinajstić information content (AvgIpc) is 2.19. The minimum absolute atomic E-state index is 0.0884. The highest BCUT2D eigenvalue weighted by atomic mass is 16.3. The molecule has 0 aromatic rings. The second kappa shape index (κ2) is 3.37. The van der Waals surface area contributed by atoms with Crippen LogP contribution in [0, 0.1) is 11.3 Å². The predicted molar refractivity (Wildman–Crippen MR) is 55.7 cm³/mol. The van der Waals surface area contributed by atoms with Crippen molar-refractivity contribution in [3.63, 3.8) is 0 Å². The summed E-state index contributed by atoms with van der Waals surface area (Å²) in [4.78, 5) is 0. The number of hydrogen-bond acceptors (Lipinski definition) is 2. The Labute approximate surface area is 84.3 Å². The Kier molecular flexibility index (Phi) is 2.33. The summed E-state index contributed by atoms with van der Waals surface area (Å²) in [5.74, 6) is 0.248. The van der Waals surface area contributed by atoms with Crippen molar-refractivity contribution < 1.29 is 10.2 Å². The topological polar surface area (TPSA) is 40.5 Å². The van der Waals surface area contributed by atoms with E-state index in [1.54, 1.807) is 0 Å². The zero-order valence-electron chi connectivity index (χ0n) is 8.35. The lowest BCUT2D eigenvalue weighted by Crippen LogP contribution is -2.41. The third-order valence-corrected chi connectivity index (χ3v) is 3.47. The first-order valence-corrected chi connectivity index (χ1v) is 5.02. The maximum Gasteiger partial charge on any atom is 0.0814 e. The molecule has 0 spiro atoms. The largest absolute Gasteiger partial charge is 0.392 e. The molecule has 0 bridgehead atoms. The summed E-state index contributed by atoms with van der Waals surface area (Å²) in [7, 11) is 0. The number of allylic oxidation sites excluding steroid dienone is 3. The van der Waals surface area contributed by atoms with E-state index in [1.807, 2.05) is 37.3 Å². The molecular formula is C12H16O2. The van der Waals surface area contributed by atoms with Gasteiger partial charge in [0.2, 0.25) is 0 Å². The maximum atomic E-state index is 9.93. The molecule has 14 heavy (non-hydrogen) atoms. The molecule has 0 saturated carbocycles. The molecule has 2 aliphatic rings. The minimum Gasteiger partial charge on any atom is -0.392 e. The Balaban J connectivity index is 2.38.